The summed E-state index contributed by atoms with van der Waals surface area (Å²) in [6.45, 7) is 0. The predicted molar refractivity (Wildman–Crippen MR) is 66.6 cm³/mol. The van der Waals surface area contributed by atoms with Crippen LogP contribution in [0.2, 0.25) is 10.2 Å². The summed E-state index contributed by atoms with van der Waals surface area (Å²) in [6.07, 6.45) is -7.88. The highest BCUT2D eigenvalue weighted by Gasteiger charge is 2.35. The molecule has 12 heteroatoms. The summed E-state index contributed by atoms with van der Waals surface area (Å²) in [5, 5.41) is 1.71. The van der Waals surface area contributed by atoms with Crippen LogP contribution < -0.4 is 5.69 Å². The van der Waals surface area contributed by atoms with Gasteiger partial charge in [-0.2, -0.15) is 17.9 Å². The van der Waals surface area contributed by atoms with Gasteiger partial charge in [-0.05, 0) is 6.07 Å². The summed E-state index contributed by atoms with van der Waals surface area (Å²) >= 11 is 11.0. The average Bonchev–Trinajstić information content (AvgIpc) is 2.68. The second-order valence-electron chi connectivity index (χ2n) is 4.04. The third-order valence-corrected chi connectivity index (χ3v) is 3.19. The van der Waals surface area contributed by atoms with Crippen molar-refractivity contribution in [2.75, 3.05) is 0 Å². The first-order valence-corrected chi connectivity index (χ1v) is 6.17. The van der Waals surface area contributed by atoms with Crippen molar-refractivity contribution in [3.05, 3.63) is 38.1 Å². The summed E-state index contributed by atoms with van der Waals surface area (Å²) in [5.74, 6) is -1.47. The molecule has 0 N–H and O–H groups in total. The Morgan fingerprint density at radius 1 is 1.27 bits per heavy atom. The molecule has 2 aromatic rings. The Morgan fingerprint density at radius 2 is 1.86 bits per heavy atom. The first kappa shape index (κ1) is 16.7. The van der Waals surface area contributed by atoms with Crippen LogP contribution in [0.5, 0.6) is 0 Å². The molecule has 0 saturated carbocycles. The summed E-state index contributed by atoms with van der Waals surface area (Å²) in [5.41, 5.74) is -2.37. The molecule has 0 aliphatic carbocycles. The van der Waals surface area contributed by atoms with Crippen molar-refractivity contribution < 1.29 is 22.0 Å². The molecule has 22 heavy (non-hydrogen) atoms. The Balaban J connectivity index is 2.68. The van der Waals surface area contributed by atoms with Crippen LogP contribution in [-0.4, -0.2) is 19.3 Å². The average molecular weight is 363 g/mol. The van der Waals surface area contributed by atoms with E-state index in [4.69, 9.17) is 23.2 Å². The van der Waals surface area contributed by atoms with Crippen LogP contribution in [0.1, 0.15) is 17.8 Å². The molecule has 2 heterocycles. The van der Waals surface area contributed by atoms with Crippen LogP contribution in [0.3, 0.4) is 0 Å². The first-order valence-electron chi connectivity index (χ1n) is 5.41. The molecule has 5 nitrogen and oxygen atoms in total. The molecule has 120 valence electrons. The molecule has 0 fully saturated rings. The van der Waals surface area contributed by atoms with Gasteiger partial charge in [-0.15, -0.1) is 5.10 Å². The van der Waals surface area contributed by atoms with E-state index in [0.717, 1.165) is 7.05 Å². The molecule has 0 aromatic carbocycles. The monoisotopic (exact) mass is 362 g/mol. The molecular weight excluding hydrogens is 358 g/mol. The summed E-state index contributed by atoms with van der Waals surface area (Å²) in [6, 6.07) is 0.440. The molecule has 0 radical (unpaired) electrons. The van der Waals surface area contributed by atoms with Crippen LogP contribution in [0, 0.1) is 0 Å². The fourth-order valence-electron chi connectivity index (χ4n) is 1.59. The van der Waals surface area contributed by atoms with Crippen molar-refractivity contribution in [1.29, 1.82) is 0 Å². The highest BCUT2D eigenvalue weighted by molar-refractivity contribution is 6.34. The number of hydrogen-bond acceptors (Lipinski definition) is 3. The van der Waals surface area contributed by atoms with Crippen molar-refractivity contribution in [2.24, 2.45) is 7.05 Å². The van der Waals surface area contributed by atoms with E-state index in [1.54, 1.807) is 0 Å². The van der Waals surface area contributed by atoms with Gasteiger partial charge in [-0.1, -0.05) is 23.2 Å². The van der Waals surface area contributed by atoms with Gasteiger partial charge in [-0.25, -0.2) is 18.6 Å². The second-order valence-corrected chi connectivity index (χ2v) is 4.81. The van der Waals surface area contributed by atoms with Crippen LogP contribution >= 0.6 is 23.2 Å². The number of hydrogen-bond donors (Lipinski definition) is 0. The molecule has 0 bridgehead atoms. The predicted octanol–water partition coefficient (Wildman–Crippen LogP) is 3.23. The van der Waals surface area contributed by atoms with Crippen molar-refractivity contribution in [3.63, 3.8) is 0 Å². The van der Waals surface area contributed by atoms with E-state index < -0.39 is 45.7 Å². The molecule has 2 rings (SSSR count). The van der Waals surface area contributed by atoms with Crippen LogP contribution in [-0.2, 0) is 13.2 Å². The van der Waals surface area contributed by atoms with Gasteiger partial charge < -0.3 is 0 Å². The minimum Gasteiger partial charge on any atom is -0.277 e. The summed E-state index contributed by atoms with van der Waals surface area (Å²) in [7, 11) is 1.02. The minimum absolute atomic E-state index is 0.357. The Hall–Kier alpha value is -1.68. The zero-order valence-electron chi connectivity index (χ0n) is 10.5. The van der Waals surface area contributed by atoms with Gasteiger partial charge in [0.1, 0.15) is 5.15 Å². The second kappa shape index (κ2) is 5.51. The van der Waals surface area contributed by atoms with Crippen molar-refractivity contribution in [2.45, 2.75) is 12.6 Å². The lowest BCUT2D eigenvalue weighted by atomic mass is 10.3. The zero-order valence-corrected chi connectivity index (χ0v) is 12.0. The van der Waals surface area contributed by atoms with Gasteiger partial charge in [0, 0.05) is 7.05 Å². The first-order chi connectivity index (χ1) is 10.0. The molecule has 0 unspecified atom stereocenters. The lowest BCUT2D eigenvalue weighted by Gasteiger charge is -2.10. The SMILES string of the molecule is Cn1c(C(F)F)nn(-c2nc(Cl)c(C(F)(F)F)cc2Cl)c1=O. The minimum atomic E-state index is -4.81. The van der Waals surface area contributed by atoms with E-state index in [2.05, 4.69) is 10.1 Å². The molecule has 0 saturated heterocycles. The molecule has 0 aliphatic heterocycles. The number of rotatable bonds is 2. The Bertz CT molecular complexity index is 783. The van der Waals surface area contributed by atoms with Gasteiger partial charge in [0.05, 0.1) is 10.6 Å². The van der Waals surface area contributed by atoms with Gasteiger partial charge in [-0.3, -0.25) is 4.57 Å². The van der Waals surface area contributed by atoms with Gasteiger partial charge in [0.2, 0.25) is 5.82 Å². The van der Waals surface area contributed by atoms with Crippen molar-refractivity contribution >= 4 is 23.2 Å². The normalized spacial score (nSPS) is 12.2. The topological polar surface area (TPSA) is 52.7 Å². The number of halogens is 7. The van der Waals surface area contributed by atoms with E-state index in [0.29, 0.717) is 15.3 Å². The fourth-order valence-corrected chi connectivity index (χ4v) is 2.06. The maximum absolute atomic E-state index is 12.7. The fraction of sp³-hybridized carbons (Fsp3) is 0.300. The van der Waals surface area contributed by atoms with Crippen LogP contribution in [0.4, 0.5) is 22.0 Å². The highest BCUT2D eigenvalue weighted by Crippen LogP contribution is 2.36. The number of alkyl halides is 5. The van der Waals surface area contributed by atoms with E-state index in [-0.39, 0.29) is 0 Å². The Labute approximate surface area is 128 Å². The molecule has 0 spiro atoms. The molecule has 0 amide bonds. The van der Waals surface area contributed by atoms with E-state index in [9.17, 15) is 26.7 Å². The highest BCUT2D eigenvalue weighted by atomic mass is 35.5. The maximum Gasteiger partial charge on any atom is 0.419 e. The zero-order chi connectivity index (χ0) is 16.8. The maximum atomic E-state index is 12.7. The molecule has 0 aliphatic rings. The summed E-state index contributed by atoms with van der Waals surface area (Å²) in [4.78, 5) is 15.1. The van der Waals surface area contributed by atoms with Gasteiger partial charge >= 0.3 is 11.9 Å². The summed E-state index contributed by atoms with van der Waals surface area (Å²) < 4.78 is 64.2. The van der Waals surface area contributed by atoms with Gasteiger partial charge in [0.25, 0.3) is 6.43 Å². The number of nitrogens with zero attached hydrogens (tertiary/aromatic N) is 4. The lowest BCUT2D eigenvalue weighted by molar-refractivity contribution is -0.137. The Kier molecular flexibility index (Phi) is 4.18. The lowest BCUT2D eigenvalue weighted by Crippen LogP contribution is -2.23. The van der Waals surface area contributed by atoms with E-state index in [1.807, 2.05) is 0 Å². The van der Waals surface area contributed by atoms with Gasteiger partial charge in [0.15, 0.2) is 5.82 Å². The van der Waals surface area contributed by atoms with E-state index in [1.165, 1.54) is 0 Å². The van der Waals surface area contributed by atoms with Crippen LogP contribution in [0.25, 0.3) is 5.82 Å². The Morgan fingerprint density at radius 3 is 2.32 bits per heavy atom. The quantitative estimate of drug-likeness (QED) is 0.608. The number of aromatic nitrogens is 4. The smallest absolute Gasteiger partial charge is 0.277 e. The van der Waals surface area contributed by atoms with Crippen LogP contribution in [0.15, 0.2) is 10.9 Å². The third kappa shape index (κ3) is 2.80. The molecule has 2 aromatic heterocycles. The number of pyridine rings is 1. The molecular formula is C10H5Cl2F5N4O. The largest absolute Gasteiger partial charge is 0.419 e. The van der Waals surface area contributed by atoms with E-state index >= 15 is 0 Å². The standard InChI is InChI=1S/C10H5Cl2F5N4O/c1-20-8(6(13)14)19-21(9(20)22)7-4(11)2-3(5(12)18-7)10(15,16)17/h2,6H,1H3. The third-order valence-electron chi connectivity index (χ3n) is 2.63. The van der Waals surface area contributed by atoms with Crippen molar-refractivity contribution in [1.82, 2.24) is 19.3 Å². The molecule has 0 atom stereocenters. The van der Waals surface area contributed by atoms with Crippen molar-refractivity contribution in [3.8, 4) is 5.82 Å².